The van der Waals surface area contributed by atoms with Crippen molar-refractivity contribution in [1.29, 1.82) is 0 Å². The fourth-order valence-corrected chi connectivity index (χ4v) is 4.82. The molecule has 3 aliphatic rings. The molecule has 3 atom stereocenters. The van der Waals surface area contributed by atoms with Gasteiger partial charge in [-0.15, -0.1) is 11.8 Å². The maximum absolute atomic E-state index is 3.86. The van der Waals surface area contributed by atoms with Gasteiger partial charge in [0, 0.05) is 11.3 Å². The maximum Gasteiger partial charge on any atom is 0.0681 e. The van der Waals surface area contributed by atoms with Gasteiger partial charge in [-0.2, -0.15) is 0 Å². The fraction of sp³-hybridized carbons (Fsp3) is 1.00. The summed E-state index contributed by atoms with van der Waals surface area (Å²) in [6, 6.07) is 0. The van der Waals surface area contributed by atoms with Crippen molar-refractivity contribution < 1.29 is 0 Å². The van der Waals surface area contributed by atoms with E-state index in [1.807, 2.05) is 0 Å². The molecule has 68 valence electrons. The highest BCUT2D eigenvalue weighted by molar-refractivity contribution is 8.01. The van der Waals surface area contributed by atoms with Crippen LogP contribution in [0.1, 0.15) is 33.1 Å². The summed E-state index contributed by atoms with van der Waals surface area (Å²) in [7, 11) is 0. The van der Waals surface area contributed by atoms with Crippen LogP contribution in [0.2, 0.25) is 0 Å². The van der Waals surface area contributed by atoms with Crippen LogP contribution in [0.3, 0.4) is 0 Å². The van der Waals surface area contributed by atoms with E-state index in [-0.39, 0.29) is 0 Å². The predicted octanol–water partition coefficient (Wildman–Crippen LogP) is 2.23. The molecule has 0 aromatic rings. The molecule has 1 spiro atoms. The first-order valence-corrected chi connectivity index (χ1v) is 6.03. The summed E-state index contributed by atoms with van der Waals surface area (Å²) < 4.78 is 0. The Morgan fingerprint density at radius 2 is 2.25 bits per heavy atom. The predicted molar refractivity (Wildman–Crippen MR) is 53.2 cm³/mol. The van der Waals surface area contributed by atoms with Gasteiger partial charge < -0.3 is 0 Å². The largest absolute Gasteiger partial charge is 0.297 e. The molecule has 1 heterocycles. The van der Waals surface area contributed by atoms with Gasteiger partial charge in [0.1, 0.15) is 0 Å². The highest BCUT2D eigenvalue weighted by atomic mass is 32.2. The first kappa shape index (κ1) is 7.69. The van der Waals surface area contributed by atoms with E-state index in [0.29, 0.717) is 10.4 Å². The zero-order valence-electron chi connectivity index (χ0n) is 7.89. The fourth-order valence-electron chi connectivity index (χ4n) is 3.01. The molecule has 1 N–H and O–H groups in total. The molecule has 0 aromatic carbocycles. The van der Waals surface area contributed by atoms with Crippen LogP contribution in [0.25, 0.3) is 0 Å². The number of fused-ring (bicyclic) bond motifs is 2. The van der Waals surface area contributed by atoms with Crippen molar-refractivity contribution in [2.24, 2.45) is 11.8 Å². The molecule has 0 bridgehead atoms. The Morgan fingerprint density at radius 3 is 2.67 bits per heavy atom. The molecule has 1 aliphatic heterocycles. The van der Waals surface area contributed by atoms with E-state index < -0.39 is 0 Å². The number of hydrogen-bond acceptors (Lipinski definition) is 2. The van der Waals surface area contributed by atoms with Crippen molar-refractivity contribution in [1.82, 2.24) is 5.32 Å². The highest BCUT2D eigenvalue weighted by Crippen LogP contribution is 2.64. The monoisotopic (exact) mass is 183 g/mol. The molecule has 0 aromatic heterocycles. The second-order valence-corrected chi connectivity index (χ2v) is 6.63. The van der Waals surface area contributed by atoms with E-state index in [1.54, 1.807) is 0 Å². The van der Waals surface area contributed by atoms with Gasteiger partial charge >= 0.3 is 0 Å². The average Bonchev–Trinajstić information content (AvgIpc) is 2.63. The third-order valence-corrected chi connectivity index (χ3v) is 5.64. The van der Waals surface area contributed by atoms with E-state index in [9.17, 15) is 0 Å². The molecule has 1 nitrogen and oxygen atoms in total. The third-order valence-electron chi connectivity index (χ3n) is 3.65. The first-order valence-electron chi connectivity index (χ1n) is 5.05. The molecule has 2 aliphatic carbocycles. The van der Waals surface area contributed by atoms with Gasteiger partial charge in [0.15, 0.2) is 0 Å². The van der Waals surface area contributed by atoms with E-state index in [0.717, 1.165) is 11.8 Å². The Kier molecular flexibility index (Phi) is 1.30. The molecule has 0 amide bonds. The highest BCUT2D eigenvalue weighted by Gasteiger charge is 2.61. The lowest BCUT2D eigenvalue weighted by Crippen LogP contribution is -2.47. The topological polar surface area (TPSA) is 12.0 Å². The lowest BCUT2D eigenvalue weighted by atomic mass is 10.0. The number of rotatable bonds is 0. The Balaban J connectivity index is 1.85. The van der Waals surface area contributed by atoms with E-state index in [1.165, 1.54) is 25.0 Å². The third kappa shape index (κ3) is 0.912. The SMILES string of the molecule is CC1(C)CSC2(CCC3CC32)N1. The Labute approximate surface area is 78.7 Å². The minimum absolute atomic E-state index is 0.391. The first-order chi connectivity index (χ1) is 5.61. The van der Waals surface area contributed by atoms with Crippen LogP contribution >= 0.6 is 11.8 Å². The van der Waals surface area contributed by atoms with Crippen LogP contribution < -0.4 is 5.32 Å². The lowest BCUT2D eigenvalue weighted by molar-refractivity contribution is 0.343. The summed E-state index contributed by atoms with van der Waals surface area (Å²) in [5.74, 6) is 3.43. The summed E-state index contributed by atoms with van der Waals surface area (Å²) in [4.78, 5) is 0.522. The number of thioether (sulfide) groups is 1. The van der Waals surface area contributed by atoms with Gasteiger partial charge in [-0.25, -0.2) is 0 Å². The quantitative estimate of drug-likeness (QED) is 0.618. The number of hydrogen-bond donors (Lipinski definition) is 1. The van der Waals surface area contributed by atoms with Crippen molar-refractivity contribution in [3.8, 4) is 0 Å². The Hall–Kier alpha value is 0.310. The van der Waals surface area contributed by atoms with Crippen LogP contribution in [0.5, 0.6) is 0 Å². The van der Waals surface area contributed by atoms with Crippen molar-refractivity contribution in [3.63, 3.8) is 0 Å². The van der Waals surface area contributed by atoms with Crippen molar-refractivity contribution in [3.05, 3.63) is 0 Å². The molecular formula is C10H17NS. The molecule has 12 heavy (non-hydrogen) atoms. The smallest absolute Gasteiger partial charge is 0.0681 e. The standard InChI is InChI=1S/C10H17NS/c1-9(2)6-12-10(11-9)4-3-7-5-8(7)10/h7-8,11H,3-6H2,1-2H3. The van der Waals surface area contributed by atoms with Gasteiger partial charge in [0.25, 0.3) is 0 Å². The molecule has 1 saturated heterocycles. The molecule has 3 fully saturated rings. The van der Waals surface area contributed by atoms with Crippen LogP contribution in [0.15, 0.2) is 0 Å². The average molecular weight is 183 g/mol. The van der Waals surface area contributed by atoms with Crippen molar-refractivity contribution in [2.75, 3.05) is 5.75 Å². The minimum atomic E-state index is 0.391. The summed E-state index contributed by atoms with van der Waals surface area (Å²) in [6.07, 6.45) is 4.42. The van der Waals surface area contributed by atoms with E-state index in [2.05, 4.69) is 30.9 Å². The molecule has 2 saturated carbocycles. The van der Waals surface area contributed by atoms with Gasteiger partial charge in [-0.05, 0) is 44.9 Å². The summed E-state index contributed by atoms with van der Waals surface area (Å²) in [6.45, 7) is 4.68. The van der Waals surface area contributed by atoms with E-state index >= 15 is 0 Å². The maximum atomic E-state index is 3.86. The van der Waals surface area contributed by atoms with Gasteiger partial charge in [0.05, 0.1) is 4.87 Å². The van der Waals surface area contributed by atoms with Gasteiger partial charge in [-0.1, -0.05) is 0 Å². The minimum Gasteiger partial charge on any atom is -0.297 e. The summed E-state index contributed by atoms with van der Waals surface area (Å²) in [5.41, 5.74) is 0.391. The lowest BCUT2D eigenvalue weighted by Gasteiger charge is -2.28. The number of nitrogens with one attached hydrogen (secondary N) is 1. The molecular weight excluding hydrogens is 166 g/mol. The summed E-state index contributed by atoms with van der Waals surface area (Å²) >= 11 is 2.20. The zero-order valence-corrected chi connectivity index (χ0v) is 8.71. The Bertz CT molecular complexity index is 226. The molecule has 3 rings (SSSR count). The second-order valence-electron chi connectivity index (χ2n) is 5.33. The van der Waals surface area contributed by atoms with Crippen LogP contribution in [0, 0.1) is 11.8 Å². The summed E-state index contributed by atoms with van der Waals surface area (Å²) in [5, 5.41) is 3.86. The molecule has 3 unspecified atom stereocenters. The molecule has 2 heteroatoms. The zero-order chi connectivity index (χ0) is 8.40. The van der Waals surface area contributed by atoms with Crippen molar-refractivity contribution in [2.45, 2.75) is 43.5 Å². The van der Waals surface area contributed by atoms with Crippen LogP contribution in [-0.2, 0) is 0 Å². The van der Waals surface area contributed by atoms with Gasteiger partial charge in [0.2, 0.25) is 0 Å². The van der Waals surface area contributed by atoms with E-state index in [4.69, 9.17) is 0 Å². The van der Waals surface area contributed by atoms with Crippen LogP contribution in [0.4, 0.5) is 0 Å². The molecule has 0 radical (unpaired) electrons. The normalized spacial score (nSPS) is 54.5. The van der Waals surface area contributed by atoms with Gasteiger partial charge in [-0.3, -0.25) is 5.32 Å². The van der Waals surface area contributed by atoms with Crippen LogP contribution in [-0.4, -0.2) is 16.2 Å². The Morgan fingerprint density at radius 1 is 1.42 bits per heavy atom. The second kappa shape index (κ2) is 2.03. The van der Waals surface area contributed by atoms with Crippen molar-refractivity contribution >= 4 is 11.8 Å².